The van der Waals surface area contributed by atoms with Crippen LogP contribution in [0.15, 0.2) is 60.7 Å². The molecule has 0 atom stereocenters. The summed E-state index contributed by atoms with van der Waals surface area (Å²) in [4.78, 5) is 23.7. The Hall–Kier alpha value is -2.82. The minimum Gasteiger partial charge on any atom is -0.355 e. The van der Waals surface area contributed by atoms with Gasteiger partial charge >= 0.3 is 6.03 Å². The lowest BCUT2D eigenvalue weighted by Crippen LogP contribution is -2.48. The van der Waals surface area contributed by atoms with Crippen LogP contribution in [-0.4, -0.2) is 30.6 Å². The first-order valence-electron chi connectivity index (χ1n) is 9.28. The summed E-state index contributed by atoms with van der Waals surface area (Å²) >= 11 is 0. The van der Waals surface area contributed by atoms with Crippen molar-refractivity contribution >= 4 is 11.9 Å². The zero-order valence-corrected chi connectivity index (χ0v) is 16.3. The van der Waals surface area contributed by atoms with E-state index in [0.29, 0.717) is 6.54 Å². The SMILES string of the molecule is CC(C)(C)NC(=O)NCC(=O)NCCC(c1ccccc1)c1ccccc1. The Morgan fingerprint density at radius 1 is 0.852 bits per heavy atom. The van der Waals surface area contributed by atoms with Gasteiger partial charge in [-0.25, -0.2) is 4.79 Å². The molecule has 0 aliphatic carbocycles. The highest BCUT2D eigenvalue weighted by molar-refractivity contribution is 5.84. The first-order chi connectivity index (χ1) is 12.8. The summed E-state index contributed by atoms with van der Waals surface area (Å²) in [5.41, 5.74) is 2.11. The summed E-state index contributed by atoms with van der Waals surface area (Å²) in [6, 6.07) is 20.2. The fraction of sp³-hybridized carbons (Fsp3) is 0.364. The predicted molar refractivity (Wildman–Crippen MR) is 109 cm³/mol. The van der Waals surface area contributed by atoms with E-state index in [0.717, 1.165) is 6.42 Å². The highest BCUT2D eigenvalue weighted by Gasteiger charge is 2.15. The monoisotopic (exact) mass is 367 g/mol. The van der Waals surface area contributed by atoms with Gasteiger partial charge in [-0.3, -0.25) is 4.79 Å². The minimum atomic E-state index is -0.343. The maximum atomic E-state index is 12.0. The molecule has 2 aromatic carbocycles. The third kappa shape index (κ3) is 7.52. The van der Waals surface area contributed by atoms with Crippen molar-refractivity contribution in [3.8, 4) is 0 Å². The molecule has 0 spiro atoms. The van der Waals surface area contributed by atoms with Crippen molar-refractivity contribution < 1.29 is 9.59 Å². The van der Waals surface area contributed by atoms with Gasteiger partial charge in [-0.05, 0) is 38.3 Å². The van der Waals surface area contributed by atoms with Crippen molar-refractivity contribution in [2.75, 3.05) is 13.1 Å². The normalized spacial score (nSPS) is 11.1. The molecule has 0 fully saturated rings. The van der Waals surface area contributed by atoms with Crippen LogP contribution in [0.4, 0.5) is 4.79 Å². The van der Waals surface area contributed by atoms with Gasteiger partial charge in [0.25, 0.3) is 0 Å². The maximum Gasteiger partial charge on any atom is 0.315 e. The molecule has 0 aromatic heterocycles. The molecule has 0 radical (unpaired) electrons. The number of amides is 3. The first kappa shape index (κ1) is 20.5. The van der Waals surface area contributed by atoms with E-state index in [1.54, 1.807) is 0 Å². The Bertz CT molecular complexity index is 685. The Morgan fingerprint density at radius 3 is 1.85 bits per heavy atom. The van der Waals surface area contributed by atoms with E-state index in [1.165, 1.54) is 11.1 Å². The Morgan fingerprint density at radius 2 is 1.37 bits per heavy atom. The third-order valence-electron chi connectivity index (χ3n) is 4.06. The minimum absolute atomic E-state index is 0.0384. The summed E-state index contributed by atoms with van der Waals surface area (Å²) in [6.45, 7) is 6.17. The summed E-state index contributed by atoms with van der Waals surface area (Å²) in [5, 5.41) is 8.23. The lowest BCUT2D eigenvalue weighted by atomic mass is 9.88. The van der Waals surface area contributed by atoms with E-state index in [1.807, 2.05) is 57.2 Å². The predicted octanol–water partition coefficient (Wildman–Crippen LogP) is 3.42. The molecule has 2 aromatic rings. The van der Waals surface area contributed by atoms with Crippen LogP contribution in [0.2, 0.25) is 0 Å². The number of benzene rings is 2. The topological polar surface area (TPSA) is 70.2 Å². The summed E-state index contributed by atoms with van der Waals surface area (Å²) in [6.07, 6.45) is 0.786. The second-order valence-electron chi connectivity index (χ2n) is 7.57. The number of hydrogen-bond donors (Lipinski definition) is 3. The van der Waals surface area contributed by atoms with Crippen molar-refractivity contribution in [1.82, 2.24) is 16.0 Å². The molecule has 2 rings (SSSR count). The molecule has 5 heteroatoms. The average Bonchev–Trinajstić information content (AvgIpc) is 2.64. The lowest BCUT2D eigenvalue weighted by molar-refractivity contribution is -0.120. The molecule has 3 N–H and O–H groups in total. The lowest BCUT2D eigenvalue weighted by Gasteiger charge is -2.21. The highest BCUT2D eigenvalue weighted by atomic mass is 16.2. The van der Waals surface area contributed by atoms with E-state index < -0.39 is 0 Å². The van der Waals surface area contributed by atoms with Gasteiger partial charge in [0.15, 0.2) is 0 Å². The molecule has 3 amide bonds. The number of hydrogen-bond acceptors (Lipinski definition) is 2. The fourth-order valence-corrected chi connectivity index (χ4v) is 2.86. The van der Waals surface area contributed by atoms with Gasteiger partial charge in [-0.15, -0.1) is 0 Å². The first-order valence-corrected chi connectivity index (χ1v) is 9.28. The van der Waals surface area contributed by atoms with Crippen molar-refractivity contribution in [2.45, 2.75) is 38.6 Å². The van der Waals surface area contributed by atoms with E-state index in [2.05, 4.69) is 40.2 Å². The van der Waals surface area contributed by atoms with Gasteiger partial charge < -0.3 is 16.0 Å². The number of carbonyl (C=O) groups excluding carboxylic acids is 2. The van der Waals surface area contributed by atoms with Gasteiger partial charge in [0, 0.05) is 18.0 Å². The smallest absolute Gasteiger partial charge is 0.315 e. The van der Waals surface area contributed by atoms with Gasteiger partial charge in [0.05, 0.1) is 6.54 Å². The Kier molecular flexibility index (Phi) is 7.41. The van der Waals surface area contributed by atoms with Crippen LogP contribution in [0.5, 0.6) is 0 Å². The van der Waals surface area contributed by atoms with Crippen LogP contribution in [0.3, 0.4) is 0 Å². The van der Waals surface area contributed by atoms with Crippen LogP contribution >= 0.6 is 0 Å². The quantitative estimate of drug-likeness (QED) is 0.702. The molecule has 0 saturated heterocycles. The number of rotatable bonds is 7. The molecular weight excluding hydrogens is 338 g/mol. The van der Waals surface area contributed by atoms with Gasteiger partial charge in [-0.2, -0.15) is 0 Å². The molecular formula is C22H29N3O2. The summed E-state index contributed by atoms with van der Waals surface area (Å²) < 4.78 is 0. The van der Waals surface area contributed by atoms with Gasteiger partial charge in [0.1, 0.15) is 0 Å². The van der Waals surface area contributed by atoms with E-state index in [9.17, 15) is 9.59 Å². The number of nitrogens with one attached hydrogen (secondary N) is 3. The molecule has 0 unspecified atom stereocenters. The second-order valence-corrected chi connectivity index (χ2v) is 7.57. The largest absolute Gasteiger partial charge is 0.355 e. The Balaban J connectivity index is 1.85. The Labute approximate surface area is 161 Å². The molecule has 0 saturated carbocycles. The average molecular weight is 367 g/mol. The standard InChI is InChI=1S/C22H29N3O2/c1-22(2,3)25-21(27)24-16-20(26)23-15-14-19(17-10-6-4-7-11-17)18-12-8-5-9-13-18/h4-13,19H,14-16H2,1-3H3,(H,23,26)(H2,24,25,27). The highest BCUT2D eigenvalue weighted by Crippen LogP contribution is 2.27. The molecule has 0 heterocycles. The van der Waals surface area contributed by atoms with Crippen molar-refractivity contribution in [3.05, 3.63) is 71.8 Å². The van der Waals surface area contributed by atoms with E-state index in [4.69, 9.17) is 0 Å². The molecule has 0 aliphatic rings. The van der Waals surface area contributed by atoms with Crippen molar-refractivity contribution in [1.29, 1.82) is 0 Å². The molecule has 27 heavy (non-hydrogen) atoms. The third-order valence-corrected chi connectivity index (χ3v) is 4.06. The van der Waals surface area contributed by atoms with E-state index in [-0.39, 0.29) is 29.9 Å². The van der Waals surface area contributed by atoms with E-state index >= 15 is 0 Å². The van der Waals surface area contributed by atoms with Crippen molar-refractivity contribution in [2.24, 2.45) is 0 Å². The van der Waals surface area contributed by atoms with Crippen LogP contribution in [0.25, 0.3) is 0 Å². The van der Waals surface area contributed by atoms with Crippen LogP contribution in [0.1, 0.15) is 44.2 Å². The van der Waals surface area contributed by atoms with Crippen molar-refractivity contribution in [3.63, 3.8) is 0 Å². The van der Waals surface area contributed by atoms with Crippen LogP contribution in [0, 0.1) is 0 Å². The number of urea groups is 1. The summed E-state index contributed by atoms with van der Waals surface area (Å²) in [7, 11) is 0. The van der Waals surface area contributed by atoms with Crippen LogP contribution < -0.4 is 16.0 Å². The van der Waals surface area contributed by atoms with Gasteiger partial charge in [0.2, 0.25) is 5.91 Å². The number of carbonyl (C=O) groups is 2. The second kappa shape index (κ2) is 9.76. The maximum absolute atomic E-state index is 12.0. The molecule has 5 nitrogen and oxygen atoms in total. The molecule has 144 valence electrons. The fourth-order valence-electron chi connectivity index (χ4n) is 2.86. The zero-order valence-electron chi connectivity index (χ0n) is 16.3. The van der Waals surface area contributed by atoms with Crippen LogP contribution in [-0.2, 0) is 4.79 Å². The molecule has 0 aliphatic heterocycles. The summed E-state index contributed by atoms with van der Waals surface area (Å²) in [5.74, 6) is 0.0174. The zero-order chi connectivity index (χ0) is 19.7. The van der Waals surface area contributed by atoms with Gasteiger partial charge in [-0.1, -0.05) is 60.7 Å². The molecule has 0 bridgehead atoms.